The molecular weight excluding hydrogens is 192 g/mol. The molecule has 2 aliphatic rings. The number of rotatable bonds is 3. The molecule has 1 saturated carbocycles. The first-order chi connectivity index (χ1) is 7.04. The third-order valence-corrected chi connectivity index (χ3v) is 4.56. The molecule has 1 saturated heterocycles. The lowest BCUT2D eigenvalue weighted by Gasteiger charge is -2.59. The molecule has 2 rings (SSSR count). The lowest BCUT2D eigenvalue weighted by Crippen LogP contribution is -2.68. The van der Waals surface area contributed by atoms with Crippen LogP contribution >= 0.6 is 0 Å². The molecule has 0 spiro atoms. The van der Waals surface area contributed by atoms with E-state index >= 15 is 0 Å². The van der Waals surface area contributed by atoms with E-state index in [1.807, 2.05) is 0 Å². The van der Waals surface area contributed by atoms with Crippen LogP contribution in [-0.4, -0.2) is 24.9 Å². The largest absolute Gasteiger partial charge is 0.381 e. The second kappa shape index (κ2) is 3.72. The molecule has 0 aromatic carbocycles. The molecule has 3 unspecified atom stereocenters. The highest BCUT2D eigenvalue weighted by molar-refractivity contribution is 5.07. The molecule has 0 bridgehead atoms. The maximum Gasteiger partial charge on any atom is 0.140 e. The third-order valence-electron chi connectivity index (χ3n) is 4.56. The summed E-state index contributed by atoms with van der Waals surface area (Å²) in [6.07, 6.45) is 5.17. The van der Waals surface area contributed by atoms with Crippen molar-refractivity contribution in [2.45, 2.75) is 64.3 Å². The summed E-state index contributed by atoms with van der Waals surface area (Å²) in [6, 6.07) is 0. The van der Waals surface area contributed by atoms with Gasteiger partial charge in [-0.2, -0.15) is 0 Å². The molecule has 1 aliphatic carbocycles. The Morgan fingerprint density at radius 1 is 1.40 bits per heavy atom. The lowest BCUT2D eigenvalue weighted by molar-refractivity contribution is -0.542. The van der Waals surface area contributed by atoms with E-state index in [1.165, 1.54) is 12.8 Å². The van der Waals surface area contributed by atoms with Crippen molar-refractivity contribution in [2.75, 3.05) is 7.11 Å². The van der Waals surface area contributed by atoms with Crippen LogP contribution in [0.4, 0.5) is 0 Å². The highest BCUT2D eigenvalue weighted by Crippen LogP contribution is 2.54. The Morgan fingerprint density at radius 3 is 2.60 bits per heavy atom. The Kier molecular flexibility index (Phi) is 2.82. The average Bonchev–Trinajstić information content (AvgIpc) is 2.18. The second-order valence-electron chi connectivity index (χ2n) is 5.40. The van der Waals surface area contributed by atoms with Gasteiger partial charge in [0.1, 0.15) is 11.7 Å². The van der Waals surface area contributed by atoms with Crippen LogP contribution < -0.4 is 0 Å². The van der Waals surface area contributed by atoms with E-state index in [1.54, 1.807) is 7.11 Å². The Hall–Kier alpha value is -0.120. The molecule has 2 fully saturated rings. The summed E-state index contributed by atoms with van der Waals surface area (Å²) >= 11 is 0. The minimum atomic E-state index is -0.110. The summed E-state index contributed by atoms with van der Waals surface area (Å²) in [5.74, 6) is 0. The number of hydrogen-bond acceptors (Lipinski definition) is 3. The smallest absolute Gasteiger partial charge is 0.140 e. The molecule has 3 atom stereocenters. The number of fused-ring (bicyclic) bond motifs is 1. The Balaban J connectivity index is 2.19. The summed E-state index contributed by atoms with van der Waals surface area (Å²) < 4.78 is 5.48. The fourth-order valence-electron chi connectivity index (χ4n) is 2.92. The predicted octanol–water partition coefficient (Wildman–Crippen LogP) is 2.69. The van der Waals surface area contributed by atoms with Crippen LogP contribution in [0, 0.1) is 5.41 Å². The maximum atomic E-state index is 5.53. The third kappa shape index (κ3) is 1.44. The van der Waals surface area contributed by atoms with E-state index in [-0.39, 0.29) is 23.2 Å². The van der Waals surface area contributed by atoms with Crippen molar-refractivity contribution in [1.29, 1.82) is 0 Å². The van der Waals surface area contributed by atoms with Gasteiger partial charge in [-0.1, -0.05) is 26.7 Å². The zero-order valence-corrected chi connectivity index (χ0v) is 10.2. The summed E-state index contributed by atoms with van der Waals surface area (Å²) in [7, 11) is 1.76. The van der Waals surface area contributed by atoms with E-state index in [9.17, 15) is 0 Å². The van der Waals surface area contributed by atoms with Crippen LogP contribution in [-0.2, 0) is 14.5 Å². The Bertz CT molecular complexity index is 239. The van der Waals surface area contributed by atoms with Crippen molar-refractivity contribution < 1.29 is 14.5 Å². The maximum absolute atomic E-state index is 5.53. The van der Waals surface area contributed by atoms with Gasteiger partial charge >= 0.3 is 0 Å². The van der Waals surface area contributed by atoms with E-state index in [0.29, 0.717) is 0 Å². The molecule has 0 aromatic rings. The fraction of sp³-hybridized carbons (Fsp3) is 1.00. The van der Waals surface area contributed by atoms with Crippen molar-refractivity contribution in [3.8, 4) is 0 Å². The molecule has 1 heterocycles. The SMILES string of the molecule is COC(C)C(C)(C)C12CCCCC1OO2. The normalized spacial score (nSPS) is 38.0. The molecule has 3 nitrogen and oxygen atoms in total. The second-order valence-corrected chi connectivity index (χ2v) is 5.40. The molecule has 0 amide bonds. The van der Waals surface area contributed by atoms with Gasteiger partial charge in [-0.15, -0.1) is 0 Å². The minimum absolute atomic E-state index is 0.00505. The van der Waals surface area contributed by atoms with Crippen LogP contribution in [0.5, 0.6) is 0 Å². The van der Waals surface area contributed by atoms with Gasteiger partial charge in [0, 0.05) is 12.5 Å². The molecule has 3 heteroatoms. The van der Waals surface area contributed by atoms with E-state index in [4.69, 9.17) is 14.5 Å². The van der Waals surface area contributed by atoms with Gasteiger partial charge in [0.25, 0.3) is 0 Å². The van der Waals surface area contributed by atoms with Crippen molar-refractivity contribution in [3.63, 3.8) is 0 Å². The van der Waals surface area contributed by atoms with Crippen LogP contribution in [0.25, 0.3) is 0 Å². The Morgan fingerprint density at radius 2 is 2.13 bits per heavy atom. The topological polar surface area (TPSA) is 27.7 Å². The van der Waals surface area contributed by atoms with E-state index < -0.39 is 0 Å². The molecule has 0 aromatic heterocycles. The van der Waals surface area contributed by atoms with Gasteiger partial charge in [0.05, 0.1) is 6.10 Å². The molecule has 88 valence electrons. The van der Waals surface area contributed by atoms with Crippen molar-refractivity contribution in [3.05, 3.63) is 0 Å². The fourth-order valence-corrected chi connectivity index (χ4v) is 2.92. The molecule has 0 N–H and O–H groups in total. The number of ether oxygens (including phenoxy) is 1. The first-order valence-corrected chi connectivity index (χ1v) is 5.92. The van der Waals surface area contributed by atoms with Crippen LogP contribution in [0.3, 0.4) is 0 Å². The number of hydrogen-bond donors (Lipinski definition) is 0. The molecular formula is C12H22O3. The van der Waals surface area contributed by atoms with Gasteiger partial charge in [-0.25, -0.2) is 9.78 Å². The zero-order chi connectivity index (χ0) is 11.1. The summed E-state index contributed by atoms with van der Waals surface area (Å²) in [5.41, 5.74) is -0.105. The number of methoxy groups -OCH3 is 1. The summed E-state index contributed by atoms with van der Waals surface area (Å²) in [5, 5.41) is 0. The highest BCUT2D eigenvalue weighted by atomic mass is 17.3. The van der Waals surface area contributed by atoms with Gasteiger partial charge in [-0.3, -0.25) is 0 Å². The van der Waals surface area contributed by atoms with Gasteiger partial charge in [0.15, 0.2) is 0 Å². The first-order valence-electron chi connectivity index (χ1n) is 5.92. The quantitative estimate of drug-likeness (QED) is 0.676. The molecule has 1 aliphatic heterocycles. The van der Waals surface area contributed by atoms with Gasteiger partial charge in [-0.05, 0) is 19.8 Å². The highest BCUT2D eigenvalue weighted by Gasteiger charge is 2.63. The summed E-state index contributed by atoms with van der Waals surface area (Å²) in [4.78, 5) is 10.8. The van der Waals surface area contributed by atoms with E-state index in [0.717, 1.165) is 12.8 Å². The first kappa shape index (κ1) is 11.4. The van der Waals surface area contributed by atoms with E-state index in [2.05, 4.69) is 20.8 Å². The standard InChI is InChI=1S/C12H22O3/c1-9(13-4)11(2,3)12-8-6-5-7-10(12)14-15-12/h9-10H,5-8H2,1-4H3. The summed E-state index contributed by atoms with van der Waals surface area (Å²) in [6.45, 7) is 6.56. The van der Waals surface area contributed by atoms with Gasteiger partial charge < -0.3 is 4.74 Å². The van der Waals surface area contributed by atoms with Crippen LogP contribution in [0.15, 0.2) is 0 Å². The van der Waals surface area contributed by atoms with Crippen molar-refractivity contribution in [1.82, 2.24) is 0 Å². The van der Waals surface area contributed by atoms with Crippen LogP contribution in [0.1, 0.15) is 46.5 Å². The monoisotopic (exact) mass is 214 g/mol. The van der Waals surface area contributed by atoms with Crippen molar-refractivity contribution in [2.24, 2.45) is 5.41 Å². The van der Waals surface area contributed by atoms with Crippen molar-refractivity contribution >= 4 is 0 Å². The molecule has 0 radical (unpaired) electrons. The van der Waals surface area contributed by atoms with Gasteiger partial charge in [0.2, 0.25) is 0 Å². The zero-order valence-electron chi connectivity index (χ0n) is 10.2. The molecule has 15 heavy (non-hydrogen) atoms. The Labute approximate surface area is 92.0 Å². The predicted molar refractivity (Wildman–Crippen MR) is 57.4 cm³/mol. The average molecular weight is 214 g/mol. The lowest BCUT2D eigenvalue weighted by atomic mass is 9.62. The minimum Gasteiger partial charge on any atom is -0.381 e. The van der Waals surface area contributed by atoms with Crippen LogP contribution in [0.2, 0.25) is 0 Å².